The van der Waals surface area contributed by atoms with Gasteiger partial charge in [0.25, 0.3) is 5.91 Å². The van der Waals surface area contributed by atoms with E-state index in [1.54, 1.807) is 11.8 Å². The van der Waals surface area contributed by atoms with E-state index >= 15 is 0 Å². The van der Waals surface area contributed by atoms with Crippen molar-refractivity contribution in [1.82, 2.24) is 4.90 Å². The van der Waals surface area contributed by atoms with Crippen molar-refractivity contribution < 1.29 is 4.79 Å². The van der Waals surface area contributed by atoms with E-state index < -0.39 is 0 Å². The second kappa shape index (κ2) is 6.69. The highest BCUT2D eigenvalue weighted by Crippen LogP contribution is 2.39. The molecule has 5 heteroatoms. The smallest absolute Gasteiger partial charge is 0.254 e. The van der Waals surface area contributed by atoms with E-state index in [0.717, 1.165) is 27.4 Å². The van der Waals surface area contributed by atoms with Crippen molar-refractivity contribution in [3.8, 4) is 0 Å². The summed E-state index contributed by atoms with van der Waals surface area (Å²) < 4.78 is 0. The maximum Gasteiger partial charge on any atom is 0.254 e. The number of hydrogen-bond acceptors (Lipinski definition) is 3. The van der Waals surface area contributed by atoms with E-state index in [1.165, 1.54) is 0 Å². The number of para-hydroxylation sites is 1. The monoisotopic (exact) mass is 344 g/mol. The number of halogens is 1. The second-order valence-corrected chi connectivity index (χ2v) is 6.92. The summed E-state index contributed by atoms with van der Waals surface area (Å²) in [7, 11) is 3.90. The van der Waals surface area contributed by atoms with E-state index in [1.807, 2.05) is 67.5 Å². The molecule has 0 bridgehead atoms. The number of thioether (sulfide) groups is 1. The van der Waals surface area contributed by atoms with Crippen LogP contribution in [-0.4, -0.2) is 30.7 Å². The Labute approximate surface area is 145 Å². The molecule has 1 aliphatic heterocycles. The van der Waals surface area contributed by atoms with Gasteiger partial charge in [-0.3, -0.25) is 4.79 Å². The Morgan fingerprint density at radius 1 is 1.17 bits per heavy atom. The van der Waals surface area contributed by atoms with Crippen LogP contribution in [0.5, 0.6) is 0 Å². The molecule has 118 valence electrons. The lowest BCUT2D eigenvalue weighted by atomic mass is 10.0. The highest BCUT2D eigenvalue weighted by Gasteiger charge is 2.25. The van der Waals surface area contributed by atoms with E-state index in [0.29, 0.717) is 10.8 Å². The van der Waals surface area contributed by atoms with Gasteiger partial charge in [-0.15, -0.1) is 11.8 Å². The summed E-state index contributed by atoms with van der Waals surface area (Å²) in [5, 5.41) is 3.65. The number of benzene rings is 2. The molecule has 0 saturated carbocycles. The Morgan fingerprint density at radius 3 is 2.61 bits per heavy atom. The fraction of sp³-hybridized carbons (Fsp3) is 0.167. The zero-order valence-electron chi connectivity index (χ0n) is 13.0. The lowest BCUT2D eigenvalue weighted by Crippen LogP contribution is -2.24. The minimum atomic E-state index is -0.0713. The van der Waals surface area contributed by atoms with Crippen LogP contribution in [0.1, 0.15) is 5.56 Å². The van der Waals surface area contributed by atoms with E-state index in [4.69, 9.17) is 11.6 Å². The molecule has 23 heavy (non-hydrogen) atoms. The molecule has 2 aromatic carbocycles. The van der Waals surface area contributed by atoms with Crippen LogP contribution in [0.15, 0.2) is 59.0 Å². The number of carbonyl (C=O) groups is 1. The minimum absolute atomic E-state index is 0.0713. The predicted octanol–water partition coefficient (Wildman–Crippen LogP) is 4.36. The number of nitrogens with one attached hydrogen (secondary N) is 1. The third kappa shape index (κ3) is 3.38. The summed E-state index contributed by atoms with van der Waals surface area (Å²) in [6.45, 7) is 0. The summed E-state index contributed by atoms with van der Waals surface area (Å²) in [5.74, 6) is 0.568. The highest BCUT2D eigenvalue weighted by atomic mass is 35.5. The molecule has 1 aliphatic rings. The standard InChI is InChI=1S/C18H17ClN2OS/c1-21(2)17-14-10-12(19)8-9-16(14)23-11-15(17)18(22)20-13-6-4-3-5-7-13/h3-10H,11H2,1-2H3,(H,20,22). The summed E-state index contributed by atoms with van der Waals surface area (Å²) in [6, 6.07) is 15.3. The molecule has 1 heterocycles. The average Bonchev–Trinajstić information content (AvgIpc) is 2.54. The predicted molar refractivity (Wildman–Crippen MR) is 97.9 cm³/mol. The Bertz CT molecular complexity index is 772. The number of carbonyl (C=O) groups excluding carboxylic acids is 1. The first kappa shape index (κ1) is 16.0. The van der Waals surface area contributed by atoms with Crippen molar-refractivity contribution in [3.05, 3.63) is 64.7 Å². The molecule has 0 saturated heterocycles. The first-order valence-electron chi connectivity index (χ1n) is 7.26. The number of rotatable bonds is 3. The van der Waals surface area contributed by atoms with Gasteiger partial charge in [-0.2, -0.15) is 0 Å². The third-order valence-electron chi connectivity index (χ3n) is 3.61. The molecular weight excluding hydrogens is 328 g/mol. The van der Waals surface area contributed by atoms with Crippen molar-refractivity contribution in [1.29, 1.82) is 0 Å². The van der Waals surface area contributed by atoms with E-state index in [2.05, 4.69) is 5.32 Å². The van der Waals surface area contributed by atoms with Crippen LogP contribution in [0.4, 0.5) is 5.69 Å². The molecule has 0 aromatic heterocycles. The summed E-state index contributed by atoms with van der Waals surface area (Å²) in [5.41, 5.74) is 3.50. The van der Waals surface area contributed by atoms with Crippen LogP contribution in [0.25, 0.3) is 5.70 Å². The molecular formula is C18H17ClN2OS. The number of fused-ring (bicyclic) bond motifs is 1. The molecule has 1 N–H and O–H groups in total. The third-order valence-corrected chi connectivity index (χ3v) is 4.94. The molecule has 1 amide bonds. The Hall–Kier alpha value is -1.91. The minimum Gasteiger partial charge on any atom is -0.377 e. The average molecular weight is 345 g/mol. The van der Waals surface area contributed by atoms with Crippen molar-refractivity contribution in [2.24, 2.45) is 0 Å². The SMILES string of the molecule is CN(C)C1=C(C(=O)Nc2ccccc2)CSc2ccc(Cl)cc21. The largest absolute Gasteiger partial charge is 0.377 e. The quantitative estimate of drug-likeness (QED) is 0.898. The zero-order valence-corrected chi connectivity index (χ0v) is 14.5. The normalized spacial score (nSPS) is 13.5. The number of anilines is 1. The number of hydrogen-bond donors (Lipinski definition) is 1. The van der Waals surface area contributed by atoms with Crippen LogP contribution >= 0.6 is 23.4 Å². The van der Waals surface area contributed by atoms with E-state index in [9.17, 15) is 4.79 Å². The lowest BCUT2D eigenvalue weighted by Gasteiger charge is -2.27. The first-order valence-corrected chi connectivity index (χ1v) is 8.62. The van der Waals surface area contributed by atoms with Gasteiger partial charge in [-0.25, -0.2) is 0 Å². The van der Waals surface area contributed by atoms with Crippen molar-refractivity contribution >= 4 is 40.7 Å². The number of amides is 1. The van der Waals surface area contributed by atoms with Gasteiger partial charge in [-0.1, -0.05) is 29.8 Å². The molecule has 0 aliphatic carbocycles. The van der Waals surface area contributed by atoms with Crippen molar-refractivity contribution in [3.63, 3.8) is 0 Å². The van der Waals surface area contributed by atoms with Gasteiger partial charge >= 0.3 is 0 Å². The van der Waals surface area contributed by atoms with Gasteiger partial charge < -0.3 is 10.2 Å². The lowest BCUT2D eigenvalue weighted by molar-refractivity contribution is -0.112. The molecule has 0 spiro atoms. The fourth-order valence-electron chi connectivity index (χ4n) is 2.61. The molecule has 0 fully saturated rings. The highest BCUT2D eigenvalue weighted by molar-refractivity contribution is 7.99. The Kier molecular flexibility index (Phi) is 4.64. The van der Waals surface area contributed by atoms with Gasteiger partial charge in [0, 0.05) is 41.0 Å². The maximum atomic E-state index is 12.7. The van der Waals surface area contributed by atoms with Crippen LogP contribution in [-0.2, 0) is 4.79 Å². The van der Waals surface area contributed by atoms with Gasteiger partial charge in [0.05, 0.1) is 11.3 Å². The molecule has 0 radical (unpaired) electrons. The fourth-order valence-corrected chi connectivity index (χ4v) is 3.82. The van der Waals surface area contributed by atoms with Crippen LogP contribution in [0.2, 0.25) is 5.02 Å². The molecule has 0 unspecified atom stereocenters. The van der Waals surface area contributed by atoms with Gasteiger partial charge in [0.1, 0.15) is 0 Å². The van der Waals surface area contributed by atoms with Crippen LogP contribution in [0, 0.1) is 0 Å². The Balaban J connectivity index is 2.01. The van der Waals surface area contributed by atoms with Crippen molar-refractivity contribution in [2.45, 2.75) is 4.90 Å². The number of nitrogens with zero attached hydrogens (tertiary/aromatic N) is 1. The topological polar surface area (TPSA) is 32.3 Å². The Morgan fingerprint density at radius 2 is 1.91 bits per heavy atom. The molecule has 2 aromatic rings. The van der Waals surface area contributed by atoms with Gasteiger partial charge in [0.15, 0.2) is 0 Å². The van der Waals surface area contributed by atoms with Crippen LogP contribution < -0.4 is 5.32 Å². The van der Waals surface area contributed by atoms with Gasteiger partial charge in [-0.05, 0) is 30.3 Å². The molecule has 3 nitrogen and oxygen atoms in total. The van der Waals surface area contributed by atoms with Crippen LogP contribution in [0.3, 0.4) is 0 Å². The molecule has 0 atom stereocenters. The van der Waals surface area contributed by atoms with Crippen molar-refractivity contribution in [2.75, 3.05) is 25.2 Å². The first-order chi connectivity index (χ1) is 11.1. The molecule has 3 rings (SSSR count). The van der Waals surface area contributed by atoms with Gasteiger partial charge in [0.2, 0.25) is 0 Å². The maximum absolute atomic E-state index is 12.7. The summed E-state index contributed by atoms with van der Waals surface area (Å²) in [6.07, 6.45) is 0. The second-order valence-electron chi connectivity index (χ2n) is 5.47. The van der Waals surface area contributed by atoms with E-state index in [-0.39, 0.29) is 5.91 Å². The zero-order chi connectivity index (χ0) is 16.4. The summed E-state index contributed by atoms with van der Waals surface area (Å²) in [4.78, 5) is 15.9. The summed E-state index contributed by atoms with van der Waals surface area (Å²) >= 11 is 7.81.